The van der Waals surface area contributed by atoms with Crippen LogP contribution in [0.15, 0.2) is 47.3 Å². The molecule has 0 aliphatic rings. The molecule has 2 aromatic carbocycles. The molecular formula is C19H19N3O4. The second-order valence-electron chi connectivity index (χ2n) is 5.82. The number of nitrogens with two attached hydrogens (primary N) is 1. The zero-order valence-corrected chi connectivity index (χ0v) is 14.7. The van der Waals surface area contributed by atoms with E-state index in [-0.39, 0.29) is 11.4 Å². The van der Waals surface area contributed by atoms with Crippen LogP contribution in [-0.4, -0.2) is 29.7 Å². The summed E-state index contributed by atoms with van der Waals surface area (Å²) in [4.78, 5) is 29.5. The normalized spacial score (nSPS) is 12.0. The Labute approximate surface area is 150 Å². The molecule has 134 valence electrons. The highest BCUT2D eigenvalue weighted by Gasteiger charge is 2.22. The van der Waals surface area contributed by atoms with Gasteiger partial charge >= 0.3 is 0 Å². The molecular weight excluding hydrogens is 334 g/mol. The maximum Gasteiger partial charge on any atom is 0.266 e. The van der Waals surface area contributed by atoms with Crippen LogP contribution in [0.2, 0.25) is 0 Å². The first-order chi connectivity index (χ1) is 12.5. The number of nitrogens with zero attached hydrogens (tertiary/aromatic N) is 2. The van der Waals surface area contributed by atoms with E-state index in [9.17, 15) is 9.59 Å². The fourth-order valence-corrected chi connectivity index (χ4v) is 2.71. The number of hydrogen-bond donors (Lipinski definition) is 1. The van der Waals surface area contributed by atoms with E-state index in [1.165, 1.54) is 11.7 Å². The molecule has 0 saturated heterocycles. The van der Waals surface area contributed by atoms with Gasteiger partial charge in [-0.3, -0.25) is 14.2 Å². The average Bonchev–Trinajstić information content (AvgIpc) is 2.67. The number of methoxy groups -OCH3 is 2. The number of hydrogen-bond acceptors (Lipinski definition) is 5. The lowest BCUT2D eigenvalue weighted by Gasteiger charge is -2.17. The number of benzene rings is 2. The van der Waals surface area contributed by atoms with Crippen molar-refractivity contribution in [2.75, 3.05) is 14.2 Å². The molecule has 0 spiro atoms. The predicted octanol–water partition coefficient (Wildman–Crippen LogP) is 1.99. The zero-order chi connectivity index (χ0) is 18.8. The van der Waals surface area contributed by atoms with Crippen molar-refractivity contribution in [3.8, 4) is 17.2 Å². The topological polar surface area (TPSA) is 96.4 Å². The van der Waals surface area contributed by atoms with E-state index in [1.807, 2.05) is 0 Å². The van der Waals surface area contributed by atoms with Crippen LogP contribution in [0.4, 0.5) is 0 Å². The summed E-state index contributed by atoms with van der Waals surface area (Å²) in [5.41, 5.74) is 6.20. The van der Waals surface area contributed by atoms with E-state index in [4.69, 9.17) is 15.2 Å². The minimum Gasteiger partial charge on any atom is -0.497 e. The van der Waals surface area contributed by atoms with Gasteiger partial charge in [-0.05, 0) is 49.4 Å². The Morgan fingerprint density at radius 3 is 2.27 bits per heavy atom. The third-order valence-corrected chi connectivity index (χ3v) is 4.25. The maximum atomic E-state index is 13.2. The van der Waals surface area contributed by atoms with Crippen molar-refractivity contribution in [1.82, 2.24) is 9.55 Å². The molecule has 0 aliphatic carbocycles. The molecule has 1 unspecified atom stereocenters. The highest BCUT2D eigenvalue weighted by atomic mass is 16.5. The van der Waals surface area contributed by atoms with Gasteiger partial charge in [0, 0.05) is 0 Å². The molecule has 26 heavy (non-hydrogen) atoms. The van der Waals surface area contributed by atoms with E-state index in [1.54, 1.807) is 56.5 Å². The fraction of sp³-hybridized carbons (Fsp3) is 0.211. The number of carbonyl (C=O) groups is 1. The second-order valence-corrected chi connectivity index (χ2v) is 5.82. The van der Waals surface area contributed by atoms with E-state index < -0.39 is 11.8 Å². The number of carbonyl (C=O) groups excluding carboxylic acids is 1. The third kappa shape index (κ3) is 2.99. The highest BCUT2D eigenvalue weighted by molar-refractivity contribution is 5.83. The number of amides is 1. The van der Waals surface area contributed by atoms with Crippen molar-refractivity contribution in [2.24, 2.45) is 5.73 Å². The van der Waals surface area contributed by atoms with Crippen molar-refractivity contribution in [1.29, 1.82) is 0 Å². The minimum absolute atomic E-state index is 0.283. The van der Waals surface area contributed by atoms with Crippen LogP contribution in [-0.2, 0) is 4.79 Å². The lowest BCUT2D eigenvalue weighted by atomic mass is 10.1. The molecule has 1 amide bonds. The van der Waals surface area contributed by atoms with Gasteiger partial charge in [0.15, 0.2) is 0 Å². The summed E-state index contributed by atoms with van der Waals surface area (Å²) in [5, 5.41) is 0.389. The summed E-state index contributed by atoms with van der Waals surface area (Å²) in [7, 11) is 3.09. The highest BCUT2D eigenvalue weighted by Crippen LogP contribution is 2.23. The summed E-state index contributed by atoms with van der Waals surface area (Å²) in [6.07, 6.45) is 0. The van der Waals surface area contributed by atoms with Crippen molar-refractivity contribution >= 4 is 16.8 Å². The lowest BCUT2D eigenvalue weighted by molar-refractivity contribution is -0.119. The van der Waals surface area contributed by atoms with E-state index in [2.05, 4.69) is 4.98 Å². The van der Waals surface area contributed by atoms with Gasteiger partial charge in [0.05, 0.1) is 36.7 Å². The molecule has 0 fully saturated rings. The van der Waals surface area contributed by atoms with Gasteiger partial charge < -0.3 is 15.2 Å². The first-order valence-corrected chi connectivity index (χ1v) is 8.00. The standard InChI is InChI=1S/C19H19N3O4/c1-11(17(20)23)18-21-16-9-8-14(26-3)10-15(16)19(24)22(18)12-4-6-13(25-2)7-5-12/h4-11H,1-3H3,(H2,20,23). The number of ether oxygens (including phenoxy) is 2. The SMILES string of the molecule is COc1ccc(-n2c(C(C)C(N)=O)nc3ccc(OC)cc3c2=O)cc1. The molecule has 7 nitrogen and oxygen atoms in total. The molecule has 2 N–H and O–H groups in total. The van der Waals surface area contributed by atoms with Crippen LogP contribution in [0, 0.1) is 0 Å². The number of aromatic nitrogens is 2. The lowest BCUT2D eigenvalue weighted by Crippen LogP contribution is -2.30. The van der Waals surface area contributed by atoms with Crippen molar-refractivity contribution < 1.29 is 14.3 Å². The molecule has 1 aromatic heterocycles. The molecule has 1 heterocycles. The molecule has 0 saturated carbocycles. The fourth-order valence-electron chi connectivity index (χ4n) is 2.71. The van der Waals surface area contributed by atoms with Crippen LogP contribution in [0.25, 0.3) is 16.6 Å². The summed E-state index contributed by atoms with van der Waals surface area (Å²) >= 11 is 0. The summed E-state index contributed by atoms with van der Waals surface area (Å²) < 4.78 is 11.8. The van der Waals surface area contributed by atoms with E-state index in [0.717, 1.165) is 0 Å². The Kier molecular flexibility index (Phi) is 4.62. The van der Waals surface area contributed by atoms with Gasteiger partial charge in [-0.15, -0.1) is 0 Å². The van der Waals surface area contributed by atoms with Gasteiger partial charge in [0.25, 0.3) is 5.56 Å². The van der Waals surface area contributed by atoms with Crippen LogP contribution >= 0.6 is 0 Å². The predicted molar refractivity (Wildman–Crippen MR) is 98.1 cm³/mol. The van der Waals surface area contributed by atoms with Gasteiger partial charge in [0.2, 0.25) is 5.91 Å². The molecule has 7 heteroatoms. The van der Waals surface area contributed by atoms with Gasteiger partial charge in [-0.2, -0.15) is 0 Å². The smallest absolute Gasteiger partial charge is 0.266 e. The Bertz CT molecular complexity index is 1030. The molecule has 0 aliphatic heterocycles. The zero-order valence-electron chi connectivity index (χ0n) is 14.7. The Balaban J connectivity index is 2.35. The number of primary amides is 1. The molecule has 0 bridgehead atoms. The van der Waals surface area contributed by atoms with Gasteiger partial charge in [-0.25, -0.2) is 4.98 Å². The number of rotatable bonds is 5. The van der Waals surface area contributed by atoms with Crippen LogP contribution in [0.5, 0.6) is 11.5 Å². The molecule has 3 aromatic rings. The first kappa shape index (κ1) is 17.5. The summed E-state index contributed by atoms with van der Waals surface area (Å²) in [6, 6.07) is 11.9. The van der Waals surface area contributed by atoms with Gasteiger partial charge in [0.1, 0.15) is 17.3 Å². The first-order valence-electron chi connectivity index (χ1n) is 8.00. The van der Waals surface area contributed by atoms with Crippen molar-refractivity contribution in [2.45, 2.75) is 12.8 Å². The maximum absolute atomic E-state index is 13.2. The number of fused-ring (bicyclic) bond motifs is 1. The molecule has 0 radical (unpaired) electrons. The Morgan fingerprint density at radius 2 is 1.69 bits per heavy atom. The molecule has 3 rings (SSSR count). The Morgan fingerprint density at radius 1 is 1.08 bits per heavy atom. The second kappa shape index (κ2) is 6.87. The quantitative estimate of drug-likeness (QED) is 0.757. The van der Waals surface area contributed by atoms with Crippen LogP contribution in [0.1, 0.15) is 18.7 Å². The van der Waals surface area contributed by atoms with Crippen LogP contribution < -0.4 is 20.8 Å². The van der Waals surface area contributed by atoms with E-state index >= 15 is 0 Å². The van der Waals surface area contributed by atoms with Gasteiger partial charge in [-0.1, -0.05) is 0 Å². The average molecular weight is 353 g/mol. The molecule has 1 atom stereocenters. The Hall–Kier alpha value is -3.35. The van der Waals surface area contributed by atoms with Crippen LogP contribution in [0.3, 0.4) is 0 Å². The summed E-state index contributed by atoms with van der Waals surface area (Å²) in [5.74, 6) is 0.184. The monoisotopic (exact) mass is 353 g/mol. The summed E-state index contributed by atoms with van der Waals surface area (Å²) in [6.45, 7) is 1.62. The largest absolute Gasteiger partial charge is 0.497 e. The third-order valence-electron chi connectivity index (χ3n) is 4.25. The van der Waals surface area contributed by atoms with E-state index in [0.29, 0.717) is 28.1 Å². The van der Waals surface area contributed by atoms with Crippen molar-refractivity contribution in [3.05, 3.63) is 58.6 Å². The minimum atomic E-state index is -0.740. The van der Waals surface area contributed by atoms with Crippen molar-refractivity contribution in [3.63, 3.8) is 0 Å².